The zero-order valence-corrected chi connectivity index (χ0v) is 10.5. The van der Waals surface area contributed by atoms with E-state index in [9.17, 15) is 5.11 Å². The van der Waals surface area contributed by atoms with E-state index in [0.717, 1.165) is 12.3 Å². The van der Waals surface area contributed by atoms with E-state index >= 15 is 0 Å². The molecule has 2 heteroatoms. The SMILES string of the molecule is CC(C)C[C@H](CO)N[C@H]1CCC[C@@H](C)C1. The van der Waals surface area contributed by atoms with Gasteiger partial charge in [0.1, 0.15) is 0 Å². The summed E-state index contributed by atoms with van der Waals surface area (Å²) in [6.07, 6.45) is 6.39. The van der Waals surface area contributed by atoms with E-state index in [1.807, 2.05) is 0 Å². The van der Waals surface area contributed by atoms with Crippen LogP contribution in [0.3, 0.4) is 0 Å². The molecule has 1 rings (SSSR count). The van der Waals surface area contributed by atoms with Gasteiger partial charge in [0.05, 0.1) is 6.61 Å². The van der Waals surface area contributed by atoms with Crippen LogP contribution in [-0.4, -0.2) is 23.8 Å². The van der Waals surface area contributed by atoms with Crippen molar-refractivity contribution in [2.24, 2.45) is 11.8 Å². The highest BCUT2D eigenvalue weighted by Crippen LogP contribution is 2.24. The summed E-state index contributed by atoms with van der Waals surface area (Å²) in [6, 6.07) is 0.949. The Balaban J connectivity index is 2.30. The van der Waals surface area contributed by atoms with Crippen LogP contribution >= 0.6 is 0 Å². The Morgan fingerprint density at radius 3 is 2.60 bits per heavy atom. The summed E-state index contributed by atoms with van der Waals surface area (Å²) >= 11 is 0. The first-order valence-electron chi connectivity index (χ1n) is 6.48. The van der Waals surface area contributed by atoms with E-state index in [4.69, 9.17) is 0 Å². The van der Waals surface area contributed by atoms with Crippen LogP contribution in [-0.2, 0) is 0 Å². The predicted octanol–water partition coefficient (Wildman–Crippen LogP) is 2.56. The topological polar surface area (TPSA) is 32.3 Å². The summed E-state index contributed by atoms with van der Waals surface area (Å²) in [4.78, 5) is 0. The lowest BCUT2D eigenvalue weighted by molar-refractivity contribution is 0.191. The van der Waals surface area contributed by atoms with Crippen molar-refractivity contribution in [1.29, 1.82) is 0 Å². The quantitative estimate of drug-likeness (QED) is 0.735. The van der Waals surface area contributed by atoms with Gasteiger partial charge >= 0.3 is 0 Å². The Morgan fingerprint density at radius 2 is 2.07 bits per heavy atom. The first-order chi connectivity index (χ1) is 7.11. The van der Waals surface area contributed by atoms with Gasteiger partial charge in [-0.1, -0.05) is 33.6 Å². The van der Waals surface area contributed by atoms with Gasteiger partial charge in [0.2, 0.25) is 0 Å². The Hall–Kier alpha value is -0.0800. The lowest BCUT2D eigenvalue weighted by Crippen LogP contribution is -2.43. The van der Waals surface area contributed by atoms with Crippen LogP contribution < -0.4 is 5.32 Å². The van der Waals surface area contributed by atoms with Crippen molar-refractivity contribution in [3.05, 3.63) is 0 Å². The lowest BCUT2D eigenvalue weighted by Gasteiger charge is -2.31. The highest BCUT2D eigenvalue weighted by atomic mass is 16.3. The van der Waals surface area contributed by atoms with Crippen LogP contribution in [0.4, 0.5) is 0 Å². The van der Waals surface area contributed by atoms with E-state index < -0.39 is 0 Å². The second-order valence-electron chi connectivity index (χ2n) is 5.64. The zero-order chi connectivity index (χ0) is 11.3. The molecule has 1 fully saturated rings. The highest BCUT2D eigenvalue weighted by Gasteiger charge is 2.21. The molecule has 2 N–H and O–H groups in total. The van der Waals surface area contributed by atoms with Gasteiger partial charge in [0, 0.05) is 12.1 Å². The Bertz CT molecular complexity index is 168. The van der Waals surface area contributed by atoms with Gasteiger partial charge in [0.15, 0.2) is 0 Å². The molecule has 0 unspecified atom stereocenters. The van der Waals surface area contributed by atoms with Crippen LogP contribution in [0.2, 0.25) is 0 Å². The fraction of sp³-hybridized carbons (Fsp3) is 1.00. The summed E-state index contributed by atoms with van der Waals surface area (Å²) in [6.45, 7) is 7.05. The van der Waals surface area contributed by atoms with Crippen molar-refractivity contribution >= 4 is 0 Å². The molecular formula is C13H27NO. The van der Waals surface area contributed by atoms with Crippen LogP contribution in [0.25, 0.3) is 0 Å². The molecule has 90 valence electrons. The van der Waals surface area contributed by atoms with Crippen LogP contribution in [0.15, 0.2) is 0 Å². The average molecular weight is 213 g/mol. The Kier molecular flexibility index (Phi) is 5.62. The summed E-state index contributed by atoms with van der Waals surface area (Å²) < 4.78 is 0. The number of hydrogen-bond donors (Lipinski definition) is 2. The molecule has 1 saturated carbocycles. The summed E-state index contributed by atoms with van der Waals surface area (Å²) in [5.41, 5.74) is 0. The van der Waals surface area contributed by atoms with Crippen molar-refractivity contribution in [3.63, 3.8) is 0 Å². The molecule has 1 aliphatic rings. The van der Waals surface area contributed by atoms with Crippen molar-refractivity contribution in [3.8, 4) is 0 Å². The normalized spacial score (nSPS) is 29.4. The summed E-state index contributed by atoms with van der Waals surface area (Å²) in [5, 5.41) is 12.9. The maximum Gasteiger partial charge on any atom is 0.0584 e. The fourth-order valence-electron chi connectivity index (χ4n) is 2.68. The minimum atomic E-state index is 0.281. The van der Waals surface area contributed by atoms with Crippen LogP contribution in [0.5, 0.6) is 0 Å². The van der Waals surface area contributed by atoms with E-state index in [1.165, 1.54) is 25.7 Å². The third-order valence-electron chi connectivity index (χ3n) is 3.38. The number of aliphatic hydroxyl groups is 1. The van der Waals surface area contributed by atoms with Crippen molar-refractivity contribution in [2.75, 3.05) is 6.61 Å². The lowest BCUT2D eigenvalue weighted by atomic mass is 9.86. The summed E-state index contributed by atoms with van der Waals surface area (Å²) in [5.74, 6) is 1.52. The van der Waals surface area contributed by atoms with Gasteiger partial charge in [0.25, 0.3) is 0 Å². The van der Waals surface area contributed by atoms with Gasteiger partial charge in [-0.3, -0.25) is 0 Å². The Morgan fingerprint density at radius 1 is 1.33 bits per heavy atom. The molecule has 2 nitrogen and oxygen atoms in total. The second-order valence-corrected chi connectivity index (χ2v) is 5.64. The molecule has 0 heterocycles. The molecule has 0 bridgehead atoms. The van der Waals surface area contributed by atoms with Gasteiger partial charge in [-0.2, -0.15) is 0 Å². The monoisotopic (exact) mass is 213 g/mol. The molecule has 15 heavy (non-hydrogen) atoms. The first kappa shape index (κ1) is 13.0. The maximum atomic E-state index is 9.31. The fourth-order valence-corrected chi connectivity index (χ4v) is 2.68. The number of nitrogens with one attached hydrogen (secondary N) is 1. The predicted molar refractivity (Wildman–Crippen MR) is 64.9 cm³/mol. The minimum absolute atomic E-state index is 0.281. The van der Waals surface area contributed by atoms with Crippen molar-refractivity contribution in [2.45, 2.75) is 65.0 Å². The molecule has 0 saturated heterocycles. The number of aliphatic hydroxyl groups excluding tert-OH is 1. The molecular weight excluding hydrogens is 186 g/mol. The molecule has 1 aliphatic carbocycles. The number of rotatable bonds is 5. The van der Waals surface area contributed by atoms with Gasteiger partial charge in [-0.25, -0.2) is 0 Å². The van der Waals surface area contributed by atoms with Crippen LogP contribution in [0, 0.1) is 11.8 Å². The molecule has 0 aliphatic heterocycles. The molecule has 0 aromatic heterocycles. The molecule has 0 radical (unpaired) electrons. The van der Waals surface area contributed by atoms with E-state index in [2.05, 4.69) is 26.1 Å². The first-order valence-corrected chi connectivity index (χ1v) is 6.48. The molecule has 0 spiro atoms. The average Bonchev–Trinajstić information content (AvgIpc) is 2.16. The van der Waals surface area contributed by atoms with Crippen molar-refractivity contribution < 1.29 is 5.11 Å². The van der Waals surface area contributed by atoms with Crippen LogP contribution in [0.1, 0.15) is 52.9 Å². The summed E-state index contributed by atoms with van der Waals surface area (Å²) in [7, 11) is 0. The van der Waals surface area contributed by atoms with E-state index in [-0.39, 0.29) is 6.61 Å². The third kappa shape index (κ3) is 4.98. The number of hydrogen-bond acceptors (Lipinski definition) is 2. The van der Waals surface area contributed by atoms with E-state index in [0.29, 0.717) is 18.0 Å². The Labute approximate surface area is 94.5 Å². The zero-order valence-electron chi connectivity index (χ0n) is 10.5. The smallest absolute Gasteiger partial charge is 0.0584 e. The van der Waals surface area contributed by atoms with Gasteiger partial charge in [-0.05, 0) is 31.1 Å². The molecule has 0 amide bonds. The highest BCUT2D eigenvalue weighted by molar-refractivity contribution is 4.80. The van der Waals surface area contributed by atoms with Gasteiger partial charge in [-0.15, -0.1) is 0 Å². The van der Waals surface area contributed by atoms with E-state index in [1.54, 1.807) is 0 Å². The third-order valence-corrected chi connectivity index (χ3v) is 3.38. The largest absolute Gasteiger partial charge is 0.395 e. The standard InChI is InChI=1S/C13H27NO/c1-10(2)7-13(9-15)14-12-6-4-5-11(3)8-12/h10-15H,4-9H2,1-3H3/t11-,12+,13-/m1/s1. The molecule has 0 aromatic rings. The molecule has 3 atom stereocenters. The van der Waals surface area contributed by atoms with Crippen molar-refractivity contribution in [1.82, 2.24) is 5.32 Å². The van der Waals surface area contributed by atoms with Gasteiger partial charge < -0.3 is 10.4 Å². The molecule has 0 aromatic carbocycles. The minimum Gasteiger partial charge on any atom is -0.395 e. The second kappa shape index (κ2) is 6.49. The maximum absolute atomic E-state index is 9.31.